The minimum Gasteiger partial charge on any atom is -0.497 e. The summed E-state index contributed by atoms with van der Waals surface area (Å²) in [5.41, 5.74) is 5.61. The molecule has 8 heteroatoms. The van der Waals surface area contributed by atoms with Crippen molar-refractivity contribution in [1.82, 2.24) is 9.88 Å². The van der Waals surface area contributed by atoms with Crippen LogP contribution in [0, 0.1) is 13.8 Å². The van der Waals surface area contributed by atoms with Gasteiger partial charge in [0.25, 0.3) is 0 Å². The molecule has 3 aromatic rings. The Bertz CT molecular complexity index is 1260. The predicted molar refractivity (Wildman–Crippen MR) is 141 cm³/mol. The lowest BCUT2D eigenvalue weighted by Crippen LogP contribution is -3.14. The van der Waals surface area contributed by atoms with Gasteiger partial charge in [0.1, 0.15) is 35.3 Å². The molecule has 5 rings (SSSR count). The van der Waals surface area contributed by atoms with Crippen LogP contribution in [0.25, 0.3) is 10.9 Å². The van der Waals surface area contributed by atoms with Crippen molar-refractivity contribution in [2.75, 3.05) is 53.6 Å². The Hall–Kier alpha value is -2.81. The maximum atomic E-state index is 5.63. The summed E-state index contributed by atoms with van der Waals surface area (Å²) in [6.45, 7) is 10.8. The minimum absolute atomic E-state index is 0.694. The Morgan fingerprint density at radius 3 is 2.69 bits per heavy atom. The molecule has 184 valence electrons. The maximum Gasteiger partial charge on any atom is 0.171 e. The molecule has 2 aliphatic rings. The summed E-state index contributed by atoms with van der Waals surface area (Å²) in [5.74, 6) is 1.44. The lowest BCUT2D eigenvalue weighted by molar-refractivity contribution is -0.907. The number of benzene rings is 2. The fourth-order valence-corrected chi connectivity index (χ4v) is 5.58. The molecule has 3 heterocycles. The largest absolute Gasteiger partial charge is 0.497 e. The topological polar surface area (TPSA) is 60.6 Å². The van der Waals surface area contributed by atoms with E-state index in [9.17, 15) is 0 Å². The smallest absolute Gasteiger partial charge is 0.171 e. The summed E-state index contributed by atoms with van der Waals surface area (Å²) >= 11 is 1.65. The van der Waals surface area contributed by atoms with E-state index in [-0.39, 0.29) is 0 Å². The van der Waals surface area contributed by atoms with Crippen LogP contribution in [0.1, 0.15) is 16.7 Å². The highest BCUT2D eigenvalue weighted by atomic mass is 32.2. The van der Waals surface area contributed by atoms with Crippen molar-refractivity contribution in [3.05, 3.63) is 53.1 Å². The summed E-state index contributed by atoms with van der Waals surface area (Å²) in [5, 5.41) is 3.18. The van der Waals surface area contributed by atoms with Gasteiger partial charge in [-0.05, 0) is 54.9 Å². The number of hydrogen-bond acceptors (Lipinski definition) is 6. The van der Waals surface area contributed by atoms with Gasteiger partial charge in [0.05, 0.1) is 46.0 Å². The van der Waals surface area contributed by atoms with E-state index in [1.807, 2.05) is 18.2 Å². The van der Waals surface area contributed by atoms with E-state index in [2.05, 4.69) is 36.9 Å². The molecule has 1 fully saturated rings. The number of fused-ring (bicyclic) bond motifs is 2. The van der Waals surface area contributed by atoms with Gasteiger partial charge < -0.3 is 24.0 Å². The number of hydrogen-bond donors (Lipinski definition) is 1. The third-order valence-corrected chi connectivity index (χ3v) is 7.99. The van der Waals surface area contributed by atoms with Gasteiger partial charge in [-0.1, -0.05) is 12.1 Å². The third-order valence-electron chi connectivity index (χ3n) is 6.91. The van der Waals surface area contributed by atoms with Crippen molar-refractivity contribution in [3.63, 3.8) is 0 Å². The standard InChI is InChI=1S/C27H32N4O3S/c1-18-5-6-20-15-21-17-31(10-9-30-11-13-34-14-12-30)27(35-26(21)29-25(20)19(18)2)28-23-8-7-22(32-3)16-24(23)33-4/h5-8,15-16H,9-14,17H2,1-4H3/p+1. The van der Waals surface area contributed by atoms with E-state index in [0.717, 1.165) is 73.1 Å². The zero-order valence-electron chi connectivity index (χ0n) is 20.9. The zero-order chi connectivity index (χ0) is 24.4. The second-order valence-corrected chi connectivity index (χ2v) is 10.1. The zero-order valence-corrected chi connectivity index (χ0v) is 21.7. The molecule has 1 N–H and O–H groups in total. The fourth-order valence-electron chi connectivity index (χ4n) is 4.59. The molecule has 1 saturated heterocycles. The van der Waals surface area contributed by atoms with Crippen LogP contribution in [0.15, 0.2) is 46.4 Å². The molecule has 0 radical (unpaired) electrons. The first-order chi connectivity index (χ1) is 17.1. The van der Waals surface area contributed by atoms with Crippen molar-refractivity contribution >= 4 is 33.5 Å². The molecule has 0 atom stereocenters. The van der Waals surface area contributed by atoms with Crippen LogP contribution in [-0.4, -0.2) is 68.7 Å². The van der Waals surface area contributed by atoms with E-state index in [0.29, 0.717) is 5.75 Å². The monoisotopic (exact) mass is 493 g/mol. The number of rotatable bonds is 6. The van der Waals surface area contributed by atoms with E-state index in [4.69, 9.17) is 24.2 Å². The van der Waals surface area contributed by atoms with Gasteiger partial charge in [0, 0.05) is 23.6 Å². The minimum atomic E-state index is 0.694. The van der Waals surface area contributed by atoms with Gasteiger partial charge in [0.2, 0.25) is 0 Å². The molecule has 2 aromatic carbocycles. The van der Waals surface area contributed by atoms with Gasteiger partial charge in [-0.25, -0.2) is 9.98 Å². The molecule has 0 aliphatic carbocycles. The first kappa shape index (κ1) is 23.9. The van der Waals surface area contributed by atoms with Crippen LogP contribution in [-0.2, 0) is 11.3 Å². The molecule has 2 aliphatic heterocycles. The number of aromatic nitrogens is 1. The molecular formula is C27H33N4O3S+. The number of morpholine rings is 1. The van der Waals surface area contributed by atoms with Gasteiger partial charge >= 0.3 is 0 Å². The van der Waals surface area contributed by atoms with Crippen molar-refractivity contribution in [2.45, 2.75) is 25.4 Å². The Labute approximate surface area is 211 Å². The first-order valence-electron chi connectivity index (χ1n) is 12.1. The Kier molecular flexibility index (Phi) is 7.13. The lowest BCUT2D eigenvalue weighted by atomic mass is 10.0. The Morgan fingerprint density at radius 2 is 1.91 bits per heavy atom. The Morgan fingerprint density at radius 1 is 1.09 bits per heavy atom. The highest BCUT2D eigenvalue weighted by Gasteiger charge is 2.27. The normalized spacial score (nSPS) is 17.6. The number of methoxy groups -OCH3 is 2. The number of nitrogens with one attached hydrogen (secondary N) is 1. The summed E-state index contributed by atoms with van der Waals surface area (Å²) in [7, 11) is 3.32. The van der Waals surface area contributed by atoms with Crippen LogP contribution >= 0.6 is 11.8 Å². The van der Waals surface area contributed by atoms with Crippen molar-refractivity contribution < 1.29 is 19.1 Å². The van der Waals surface area contributed by atoms with Crippen LogP contribution < -0.4 is 14.4 Å². The van der Waals surface area contributed by atoms with E-state index in [1.54, 1.807) is 30.9 Å². The van der Waals surface area contributed by atoms with E-state index >= 15 is 0 Å². The van der Waals surface area contributed by atoms with Crippen molar-refractivity contribution in [2.24, 2.45) is 4.99 Å². The number of aliphatic imine (C=N–C) groups is 1. The summed E-state index contributed by atoms with van der Waals surface area (Å²) in [4.78, 5) is 14.1. The third kappa shape index (κ3) is 5.10. The lowest BCUT2D eigenvalue weighted by Gasteiger charge is -2.33. The van der Waals surface area contributed by atoms with Crippen molar-refractivity contribution in [1.29, 1.82) is 0 Å². The summed E-state index contributed by atoms with van der Waals surface area (Å²) < 4.78 is 16.5. The molecule has 0 bridgehead atoms. The van der Waals surface area contributed by atoms with E-state index in [1.165, 1.54) is 22.1 Å². The van der Waals surface area contributed by atoms with Crippen LogP contribution in [0.4, 0.5) is 5.69 Å². The molecule has 0 amide bonds. The predicted octanol–water partition coefficient (Wildman–Crippen LogP) is 3.38. The highest BCUT2D eigenvalue weighted by Crippen LogP contribution is 2.38. The average Bonchev–Trinajstić information content (AvgIpc) is 2.89. The number of pyridine rings is 1. The van der Waals surface area contributed by atoms with Crippen LogP contribution in [0.2, 0.25) is 0 Å². The molecule has 1 aromatic heterocycles. The average molecular weight is 494 g/mol. The summed E-state index contributed by atoms with van der Waals surface area (Å²) in [6.07, 6.45) is 0. The molecule has 0 saturated carbocycles. The second kappa shape index (κ2) is 10.4. The van der Waals surface area contributed by atoms with E-state index < -0.39 is 0 Å². The number of aryl methyl sites for hydroxylation is 2. The van der Waals surface area contributed by atoms with Gasteiger partial charge in [0.15, 0.2) is 5.17 Å². The summed E-state index contributed by atoms with van der Waals surface area (Å²) in [6, 6.07) is 12.4. The number of ether oxygens (including phenoxy) is 3. The first-order valence-corrected chi connectivity index (χ1v) is 12.9. The van der Waals surface area contributed by atoms with Crippen molar-refractivity contribution in [3.8, 4) is 11.5 Å². The Balaban J connectivity index is 1.51. The SMILES string of the molecule is COc1ccc(N=C2Sc3nc4c(C)c(C)ccc4cc3CN2CC[NH+]2CCOCC2)c(OC)c1. The molecule has 0 spiro atoms. The number of amidine groups is 1. The van der Waals surface area contributed by atoms with Crippen LogP contribution in [0.3, 0.4) is 0 Å². The second-order valence-electron chi connectivity index (χ2n) is 9.10. The number of quaternary nitrogens is 1. The number of nitrogens with zero attached hydrogens (tertiary/aromatic N) is 3. The molecule has 35 heavy (non-hydrogen) atoms. The van der Waals surface area contributed by atoms with Gasteiger partial charge in [-0.3, -0.25) is 0 Å². The maximum absolute atomic E-state index is 5.63. The fraction of sp³-hybridized carbons (Fsp3) is 0.407. The molecule has 0 unspecified atom stereocenters. The van der Waals surface area contributed by atoms with Crippen LogP contribution in [0.5, 0.6) is 11.5 Å². The van der Waals surface area contributed by atoms with Gasteiger partial charge in [-0.2, -0.15) is 0 Å². The quantitative estimate of drug-likeness (QED) is 0.568. The van der Waals surface area contributed by atoms with Gasteiger partial charge in [-0.15, -0.1) is 0 Å². The number of thioether (sulfide) groups is 1. The molecular weight excluding hydrogens is 460 g/mol. The highest BCUT2D eigenvalue weighted by molar-refractivity contribution is 8.13. The molecule has 7 nitrogen and oxygen atoms in total.